The Balaban J connectivity index is 0.000000150. The number of carbonyl (C=O) groups is 4. The summed E-state index contributed by atoms with van der Waals surface area (Å²) in [5.74, 6) is -1.43. The Labute approximate surface area is 681 Å². The lowest BCUT2D eigenvalue weighted by Gasteiger charge is -2.30. The summed E-state index contributed by atoms with van der Waals surface area (Å²) in [7, 11) is -0.475. The lowest BCUT2D eigenvalue weighted by atomic mass is 9.84. The van der Waals surface area contributed by atoms with Crippen LogP contribution in [0, 0.1) is 35.2 Å². The summed E-state index contributed by atoms with van der Waals surface area (Å²) >= 11 is 19.2. The number of nitrogens with zero attached hydrogens (tertiary/aromatic N) is 6. The van der Waals surface area contributed by atoms with Gasteiger partial charge in [-0.25, -0.2) is 35.8 Å². The number of halogens is 6. The van der Waals surface area contributed by atoms with Crippen molar-refractivity contribution in [3.05, 3.63) is 262 Å². The SMILES string of the molecule is CCOC(=O)[C@@H]1C2CCC(C2)[C@@H]1NC(=O)c1nn(C2CCCCC2)c2c1CCCCC2Cc1cccc(F)c1.COC(=O)[C@@H](Cc1ccc(F)cc1)NC(=O)c1nn(-c2ccc(Cl)cc2Cl)c2c1CCCCC2Cc1cccc(Cl)c1.C[C@H](NS(=O)(=O)/C=C/c1nn(C)c2c1CCCCC2Cc1cccc(F)c1)c1ccccc1. The van der Waals surface area contributed by atoms with Gasteiger partial charge in [-0.05, 0) is 235 Å². The van der Waals surface area contributed by atoms with Crippen molar-refractivity contribution in [2.45, 2.75) is 210 Å². The van der Waals surface area contributed by atoms with Gasteiger partial charge in [0.15, 0.2) is 11.4 Å². The first-order chi connectivity index (χ1) is 55.1. The van der Waals surface area contributed by atoms with Crippen molar-refractivity contribution in [3.8, 4) is 5.69 Å². The van der Waals surface area contributed by atoms with Gasteiger partial charge in [0.05, 0.1) is 47.8 Å². The van der Waals surface area contributed by atoms with Crippen LogP contribution in [-0.2, 0) is 81.1 Å². The molecule has 3 N–H and O–H groups in total. The minimum atomic E-state index is -3.64. The Morgan fingerprint density at radius 2 is 1.17 bits per heavy atom. The molecule has 0 saturated heterocycles. The van der Waals surface area contributed by atoms with Crippen molar-refractivity contribution < 1.29 is 50.2 Å². The highest BCUT2D eigenvalue weighted by Crippen LogP contribution is 2.50. The molecule has 3 aromatic heterocycles. The van der Waals surface area contributed by atoms with Crippen LogP contribution in [0.2, 0.25) is 15.1 Å². The predicted octanol–water partition coefficient (Wildman–Crippen LogP) is 19.1. The summed E-state index contributed by atoms with van der Waals surface area (Å²) in [5.41, 5.74) is 12.9. The summed E-state index contributed by atoms with van der Waals surface area (Å²) in [6.45, 7) is 4.02. The fourth-order valence-electron chi connectivity index (χ4n) is 18.5. The van der Waals surface area contributed by atoms with Crippen LogP contribution in [0.1, 0.15) is 241 Å². The Morgan fingerprint density at radius 3 is 1.79 bits per heavy atom. The Kier molecular flexibility index (Phi) is 27.9. The number of methoxy groups -OCH3 is 1. The highest BCUT2D eigenvalue weighted by atomic mass is 35.5. The molecule has 2 bridgehead atoms. The second kappa shape index (κ2) is 38.3. The van der Waals surface area contributed by atoms with Gasteiger partial charge in [-0.15, -0.1) is 0 Å². The number of carbonyl (C=O) groups excluding carboxylic acids is 4. The molecule has 9 aromatic rings. The summed E-state index contributed by atoms with van der Waals surface area (Å²) in [6.07, 6.45) is 24.0. The summed E-state index contributed by atoms with van der Waals surface area (Å²) in [4.78, 5) is 53.5. The highest BCUT2D eigenvalue weighted by Gasteiger charge is 2.53. The van der Waals surface area contributed by atoms with Gasteiger partial charge in [-0.3, -0.25) is 23.7 Å². The lowest BCUT2D eigenvalue weighted by Crippen LogP contribution is -2.47. The monoisotopic (exact) mass is 1630 g/mol. The van der Waals surface area contributed by atoms with E-state index < -0.39 is 27.9 Å². The Bertz CT molecular complexity index is 5030. The van der Waals surface area contributed by atoms with Gasteiger partial charge in [0, 0.05) is 86.8 Å². The number of hydrogen-bond acceptors (Lipinski definition) is 11. The molecule has 114 heavy (non-hydrogen) atoms. The number of aromatic nitrogens is 6. The van der Waals surface area contributed by atoms with Gasteiger partial charge in [0.2, 0.25) is 10.0 Å². The molecule has 3 fully saturated rings. The van der Waals surface area contributed by atoms with E-state index in [1.165, 1.54) is 61.7 Å². The van der Waals surface area contributed by atoms with E-state index in [0.29, 0.717) is 75.0 Å². The van der Waals surface area contributed by atoms with Gasteiger partial charge >= 0.3 is 11.9 Å². The molecule has 17 nitrogen and oxygen atoms in total. The van der Waals surface area contributed by atoms with Gasteiger partial charge in [0.25, 0.3) is 11.8 Å². The molecule has 0 aliphatic heterocycles. The molecule has 2 amide bonds. The lowest BCUT2D eigenvalue weighted by molar-refractivity contribution is -0.150. The van der Waals surface area contributed by atoms with Crippen LogP contribution < -0.4 is 15.4 Å². The van der Waals surface area contributed by atoms with Crippen LogP contribution in [0.25, 0.3) is 11.8 Å². The van der Waals surface area contributed by atoms with Crippen LogP contribution in [0.3, 0.4) is 0 Å². The van der Waals surface area contributed by atoms with Crippen molar-refractivity contribution in [3.63, 3.8) is 0 Å². The second-order valence-corrected chi connectivity index (χ2v) is 34.3. The summed E-state index contributed by atoms with van der Waals surface area (Å²) < 4.78 is 85.6. The van der Waals surface area contributed by atoms with Crippen molar-refractivity contribution in [1.29, 1.82) is 0 Å². The van der Waals surface area contributed by atoms with Crippen molar-refractivity contribution in [2.75, 3.05) is 13.7 Å². The molecule has 24 heteroatoms. The number of aryl methyl sites for hydroxylation is 1. The number of fused-ring (bicyclic) bond motifs is 5. The van der Waals surface area contributed by atoms with Crippen molar-refractivity contribution in [1.82, 2.24) is 44.7 Å². The summed E-state index contributed by atoms with van der Waals surface area (Å²) in [6, 6.07) is 40.6. The zero-order chi connectivity index (χ0) is 80.2. The molecule has 0 radical (unpaired) electrons. The normalized spacial score (nSPS) is 20.6. The highest BCUT2D eigenvalue weighted by molar-refractivity contribution is 7.92. The minimum Gasteiger partial charge on any atom is -0.467 e. The number of ether oxygens (including phenoxy) is 2. The van der Waals surface area contributed by atoms with Gasteiger partial charge in [-0.2, -0.15) is 15.3 Å². The minimum absolute atomic E-state index is 0.0254. The zero-order valence-electron chi connectivity index (χ0n) is 65.1. The topological polar surface area (TPSA) is 210 Å². The number of hydrogen-bond donors (Lipinski definition) is 3. The smallest absolute Gasteiger partial charge is 0.328 e. The van der Waals surface area contributed by atoms with Crippen LogP contribution in [0.5, 0.6) is 0 Å². The number of sulfonamides is 1. The van der Waals surface area contributed by atoms with Crippen LogP contribution in [0.15, 0.2) is 151 Å². The van der Waals surface area contributed by atoms with Gasteiger partial charge in [-0.1, -0.05) is 152 Å². The van der Waals surface area contributed by atoms with Crippen molar-refractivity contribution >= 4 is 74.7 Å². The average molecular weight is 1630 g/mol. The van der Waals surface area contributed by atoms with E-state index in [9.17, 15) is 40.8 Å². The third kappa shape index (κ3) is 20.3. The van der Waals surface area contributed by atoms with Crippen LogP contribution in [-0.4, -0.2) is 87.3 Å². The molecular weight excluding hydrogens is 1530 g/mol. The average Bonchev–Trinajstić information content (AvgIpc) is 1.62. The molecular formula is C90H101Cl3F3N9O8S. The second-order valence-electron chi connectivity index (χ2n) is 31.5. The Hall–Kier alpha value is -8.86. The molecule has 602 valence electrons. The Morgan fingerprint density at radius 1 is 0.588 bits per heavy atom. The quantitative estimate of drug-likeness (QED) is 0.0429. The molecule has 15 rings (SSSR count). The molecule has 0 spiro atoms. The van der Waals surface area contributed by atoms with E-state index in [-0.39, 0.29) is 77.2 Å². The molecule has 6 aromatic carbocycles. The first-order valence-corrected chi connectivity index (χ1v) is 43.1. The van der Waals surface area contributed by atoms with E-state index in [1.54, 1.807) is 65.4 Å². The van der Waals surface area contributed by atoms with E-state index in [2.05, 4.69) is 25.1 Å². The maximum Gasteiger partial charge on any atom is 0.328 e. The largest absolute Gasteiger partial charge is 0.467 e. The van der Waals surface area contributed by atoms with Gasteiger partial charge < -0.3 is 20.1 Å². The molecule has 9 atom stereocenters. The standard InChI is InChI=1S/C32H29Cl3FN3O3.C32H42FN3O3.C26H30FN3O2S/c1-42-32(41)27(17-19-9-12-24(36)13-10-19)37-31(40)29-25-8-3-2-6-21(15-20-5-4-7-22(33)16-20)30(25)39(38-29)28-14-11-23(34)18-26(28)35;1-2-39-32(38)27-21-15-16-22(19-21)28(27)34-31(37)29-26-14-7-6-10-23(17-20-9-8-11-24(33)18-20)30(26)36(35-29)25-12-4-3-5-13-25;1-19(21-10-4-3-5-11-21)29-33(31,32)16-15-25-24-14-7-6-12-22(26(24)30(2)28-25)17-20-9-8-13-23(27)18-20/h4-5,7,9-14,16,18,21,27H,2-3,6,8,15,17H2,1H3,(H,37,40);8-9,11,18,21-23,25,27-28H,2-7,10,12-17,19H2,1H3,(H,34,37);3-5,8-11,13,15-16,18-19,22,29H,6-7,12,14,17H2,1-2H3/b;;16-15+/t21?,27-;21?,22?,23?,27-,28+;19-,22?/m110/s1. The molecule has 5 unspecified atom stereocenters. The van der Waals surface area contributed by atoms with Crippen LogP contribution >= 0.6 is 34.8 Å². The van der Waals surface area contributed by atoms with Crippen molar-refractivity contribution in [2.24, 2.45) is 24.8 Å². The van der Waals surface area contributed by atoms with E-state index in [4.69, 9.17) is 54.5 Å². The molecule has 6 aliphatic carbocycles. The maximum atomic E-state index is 14.1. The third-order valence-electron chi connectivity index (χ3n) is 23.7. The molecule has 3 heterocycles. The zero-order valence-corrected chi connectivity index (χ0v) is 68.2. The first-order valence-electron chi connectivity index (χ1n) is 40.4. The van der Waals surface area contributed by atoms with E-state index in [0.717, 1.165) is 166 Å². The fraction of sp³-hybridized carbons (Fsp3) is 0.433. The van der Waals surface area contributed by atoms with E-state index in [1.807, 2.05) is 92.3 Å². The maximum absolute atomic E-state index is 14.1. The number of benzene rings is 6. The third-order valence-corrected chi connectivity index (χ3v) is 25.7. The predicted molar refractivity (Wildman–Crippen MR) is 439 cm³/mol. The molecule has 3 saturated carbocycles. The number of rotatable bonds is 22. The number of nitrogens with one attached hydrogen (secondary N) is 3. The molecule has 6 aliphatic rings. The summed E-state index contributed by atoms with van der Waals surface area (Å²) in [5, 5.41) is 23.4. The number of amides is 2. The van der Waals surface area contributed by atoms with Gasteiger partial charge in [0.1, 0.15) is 23.5 Å². The van der Waals surface area contributed by atoms with E-state index >= 15 is 0 Å². The first kappa shape index (κ1) is 83.1. The van der Waals surface area contributed by atoms with Crippen LogP contribution in [0.4, 0.5) is 13.2 Å². The number of esters is 2. The fourth-order valence-corrected chi connectivity index (χ4v) is 20.2.